The molecular weight excluding hydrogens is 266 g/mol. The van der Waals surface area contributed by atoms with Crippen LogP contribution in [-0.2, 0) is 9.59 Å². The molecule has 2 atom stereocenters. The number of rotatable bonds is 4. The number of likely N-dealkylation sites (N-methyl/N-ethyl adjacent to an activating group) is 1. The molecular formula is C16H29N3O2. The average Bonchev–Trinajstić information content (AvgIpc) is 2.79. The first-order chi connectivity index (χ1) is 9.69. The van der Waals surface area contributed by atoms with Gasteiger partial charge < -0.3 is 15.1 Å². The highest BCUT2D eigenvalue weighted by Gasteiger charge is 2.41. The van der Waals surface area contributed by atoms with Gasteiger partial charge in [0.2, 0.25) is 11.8 Å². The van der Waals surface area contributed by atoms with Crippen molar-refractivity contribution in [3.8, 4) is 0 Å². The third-order valence-electron chi connectivity index (χ3n) is 4.60. The minimum Gasteiger partial charge on any atom is -0.351 e. The van der Waals surface area contributed by atoms with Gasteiger partial charge >= 0.3 is 0 Å². The molecule has 0 saturated carbocycles. The van der Waals surface area contributed by atoms with Crippen LogP contribution < -0.4 is 5.32 Å². The monoisotopic (exact) mass is 295 g/mol. The first-order valence-corrected chi connectivity index (χ1v) is 7.95. The second-order valence-corrected chi connectivity index (χ2v) is 7.84. The lowest BCUT2D eigenvalue weighted by atomic mass is 9.87. The van der Waals surface area contributed by atoms with Crippen molar-refractivity contribution in [3.05, 3.63) is 0 Å². The average molecular weight is 295 g/mol. The fraction of sp³-hybridized carbons (Fsp3) is 0.875. The van der Waals surface area contributed by atoms with Crippen LogP contribution in [0.2, 0.25) is 0 Å². The number of hydrogen-bond donors (Lipinski definition) is 1. The van der Waals surface area contributed by atoms with Gasteiger partial charge in [-0.2, -0.15) is 0 Å². The van der Waals surface area contributed by atoms with Crippen LogP contribution in [-0.4, -0.2) is 60.9 Å². The zero-order chi connectivity index (χ0) is 15.8. The fourth-order valence-electron chi connectivity index (χ4n) is 3.52. The molecule has 0 aromatic heterocycles. The molecule has 0 aliphatic carbocycles. The Labute approximate surface area is 128 Å². The Kier molecular flexibility index (Phi) is 4.61. The molecule has 5 heteroatoms. The maximum Gasteiger partial charge on any atom is 0.225 e. The Balaban J connectivity index is 1.91. The Hall–Kier alpha value is -1.10. The zero-order valence-corrected chi connectivity index (χ0v) is 14.0. The first-order valence-electron chi connectivity index (χ1n) is 7.95. The van der Waals surface area contributed by atoms with Crippen LogP contribution >= 0.6 is 0 Å². The molecule has 1 N–H and O–H groups in total. The van der Waals surface area contributed by atoms with Gasteiger partial charge in [0.1, 0.15) is 0 Å². The second kappa shape index (κ2) is 5.95. The SMILES string of the molecule is CC(C)CN1CC(C(=O)NC2CN(C)CC2(C)C)CC1=O. The van der Waals surface area contributed by atoms with E-state index >= 15 is 0 Å². The number of likely N-dealkylation sites (tertiary alicyclic amines) is 2. The number of carbonyl (C=O) groups is 2. The maximum atomic E-state index is 12.5. The molecule has 2 unspecified atom stereocenters. The molecule has 0 radical (unpaired) electrons. The number of amides is 2. The summed E-state index contributed by atoms with van der Waals surface area (Å²) in [6, 6.07) is 0.171. The van der Waals surface area contributed by atoms with Crippen LogP contribution in [0.1, 0.15) is 34.1 Å². The van der Waals surface area contributed by atoms with Crippen molar-refractivity contribution < 1.29 is 9.59 Å². The maximum absolute atomic E-state index is 12.5. The number of nitrogens with one attached hydrogen (secondary N) is 1. The summed E-state index contributed by atoms with van der Waals surface area (Å²) in [5.74, 6) is 0.422. The van der Waals surface area contributed by atoms with Gasteiger partial charge in [-0.1, -0.05) is 27.7 Å². The predicted octanol–water partition coefficient (Wildman–Crippen LogP) is 0.947. The van der Waals surface area contributed by atoms with E-state index in [9.17, 15) is 9.59 Å². The van der Waals surface area contributed by atoms with Crippen molar-refractivity contribution in [1.29, 1.82) is 0 Å². The molecule has 0 spiro atoms. The van der Waals surface area contributed by atoms with E-state index in [2.05, 4.69) is 45.0 Å². The lowest BCUT2D eigenvalue weighted by Gasteiger charge is -2.27. The van der Waals surface area contributed by atoms with E-state index in [1.165, 1.54) is 0 Å². The van der Waals surface area contributed by atoms with Gasteiger partial charge in [0.05, 0.1) is 5.92 Å². The molecule has 120 valence electrons. The van der Waals surface area contributed by atoms with Crippen LogP contribution in [0.25, 0.3) is 0 Å². The largest absolute Gasteiger partial charge is 0.351 e. The lowest BCUT2D eigenvalue weighted by molar-refractivity contribution is -0.129. The minimum atomic E-state index is -0.182. The third kappa shape index (κ3) is 3.76. The van der Waals surface area contributed by atoms with Crippen LogP contribution in [0, 0.1) is 17.3 Å². The summed E-state index contributed by atoms with van der Waals surface area (Å²) in [7, 11) is 2.08. The topological polar surface area (TPSA) is 52.7 Å². The molecule has 2 fully saturated rings. The Morgan fingerprint density at radius 3 is 2.57 bits per heavy atom. The molecule has 21 heavy (non-hydrogen) atoms. The molecule has 0 aromatic carbocycles. The highest BCUT2D eigenvalue weighted by atomic mass is 16.2. The highest BCUT2D eigenvalue weighted by Crippen LogP contribution is 2.29. The second-order valence-electron chi connectivity index (χ2n) is 7.84. The number of nitrogens with zero attached hydrogens (tertiary/aromatic N) is 2. The minimum absolute atomic E-state index is 0.0444. The van der Waals surface area contributed by atoms with Crippen LogP contribution in [0.5, 0.6) is 0 Å². The quantitative estimate of drug-likeness (QED) is 0.840. The smallest absolute Gasteiger partial charge is 0.225 e. The van der Waals surface area contributed by atoms with E-state index in [0.717, 1.165) is 19.6 Å². The zero-order valence-electron chi connectivity index (χ0n) is 14.0. The summed E-state index contributed by atoms with van der Waals surface area (Å²) in [6.07, 6.45) is 0.363. The van der Waals surface area contributed by atoms with Gasteiger partial charge in [0, 0.05) is 38.6 Å². The van der Waals surface area contributed by atoms with Crippen molar-refractivity contribution in [1.82, 2.24) is 15.1 Å². The first kappa shape index (κ1) is 16.3. The summed E-state index contributed by atoms with van der Waals surface area (Å²) in [4.78, 5) is 28.5. The summed E-state index contributed by atoms with van der Waals surface area (Å²) in [5, 5.41) is 3.18. The summed E-state index contributed by atoms with van der Waals surface area (Å²) in [5.41, 5.74) is 0.0879. The van der Waals surface area contributed by atoms with E-state index in [1.54, 1.807) is 0 Å². The number of hydrogen-bond acceptors (Lipinski definition) is 3. The van der Waals surface area contributed by atoms with Crippen molar-refractivity contribution in [2.75, 3.05) is 33.2 Å². The van der Waals surface area contributed by atoms with Crippen LogP contribution in [0.3, 0.4) is 0 Å². The van der Waals surface area contributed by atoms with E-state index in [0.29, 0.717) is 18.9 Å². The van der Waals surface area contributed by atoms with Gasteiger partial charge in [-0.3, -0.25) is 9.59 Å². The van der Waals surface area contributed by atoms with E-state index in [4.69, 9.17) is 0 Å². The summed E-state index contributed by atoms with van der Waals surface area (Å²) >= 11 is 0. The van der Waals surface area contributed by atoms with Crippen LogP contribution in [0.15, 0.2) is 0 Å². The van der Waals surface area contributed by atoms with Crippen molar-refractivity contribution in [2.24, 2.45) is 17.3 Å². The Morgan fingerprint density at radius 2 is 2.05 bits per heavy atom. The molecule has 2 amide bonds. The summed E-state index contributed by atoms with van der Waals surface area (Å²) < 4.78 is 0. The highest BCUT2D eigenvalue weighted by molar-refractivity contribution is 5.89. The van der Waals surface area contributed by atoms with E-state index in [1.807, 2.05) is 4.90 Å². The van der Waals surface area contributed by atoms with Crippen LogP contribution in [0.4, 0.5) is 0 Å². The van der Waals surface area contributed by atoms with Crippen molar-refractivity contribution in [2.45, 2.75) is 40.2 Å². The molecule has 0 bridgehead atoms. The van der Waals surface area contributed by atoms with Gasteiger partial charge in [-0.05, 0) is 18.4 Å². The van der Waals surface area contributed by atoms with Gasteiger partial charge in [-0.25, -0.2) is 0 Å². The normalized spacial score (nSPS) is 29.4. The van der Waals surface area contributed by atoms with Gasteiger partial charge in [0.25, 0.3) is 0 Å². The summed E-state index contributed by atoms with van der Waals surface area (Å²) in [6.45, 7) is 11.8. The predicted molar refractivity (Wildman–Crippen MR) is 82.7 cm³/mol. The molecule has 2 rings (SSSR count). The molecule has 5 nitrogen and oxygen atoms in total. The van der Waals surface area contributed by atoms with Crippen molar-refractivity contribution in [3.63, 3.8) is 0 Å². The lowest BCUT2D eigenvalue weighted by Crippen LogP contribution is -2.47. The Morgan fingerprint density at radius 1 is 1.38 bits per heavy atom. The van der Waals surface area contributed by atoms with Gasteiger partial charge in [0.15, 0.2) is 0 Å². The van der Waals surface area contributed by atoms with E-state index < -0.39 is 0 Å². The standard InChI is InChI=1S/C16H29N3O2/c1-11(2)7-19-8-12(6-14(19)20)15(21)17-13-9-18(5)10-16(13,3)4/h11-13H,6-10H2,1-5H3,(H,17,21). The molecule has 0 aromatic rings. The van der Waals surface area contributed by atoms with Crippen molar-refractivity contribution >= 4 is 11.8 Å². The number of carbonyl (C=O) groups excluding carboxylic acids is 2. The molecule has 2 aliphatic heterocycles. The van der Waals surface area contributed by atoms with E-state index in [-0.39, 0.29) is 29.2 Å². The van der Waals surface area contributed by atoms with Gasteiger partial charge in [-0.15, -0.1) is 0 Å². The third-order valence-corrected chi connectivity index (χ3v) is 4.60. The Bertz CT molecular complexity index is 420. The molecule has 2 aliphatic rings. The fourth-order valence-corrected chi connectivity index (χ4v) is 3.52. The molecule has 2 saturated heterocycles. The molecule has 2 heterocycles.